The molecule has 0 spiro atoms. The van der Waals surface area contributed by atoms with Crippen LogP contribution >= 0.6 is 11.3 Å². The van der Waals surface area contributed by atoms with Gasteiger partial charge in [-0.2, -0.15) is 0 Å². The summed E-state index contributed by atoms with van der Waals surface area (Å²) >= 11 is 1.46. The maximum absolute atomic E-state index is 14.9. The number of hydrogen-bond acceptors (Lipinski definition) is 7. The first-order valence-electron chi connectivity index (χ1n) is 8.69. The van der Waals surface area contributed by atoms with Crippen molar-refractivity contribution in [2.75, 3.05) is 25.5 Å². The minimum absolute atomic E-state index is 0.182. The standard InChI is InChI=1S/C18H19FN6OS/c1-11-23-24-16(27-11)13-4-3-12-10-20-15(9-14(12)21-13)22-17(26)18(19)5-7-25(2)8-6-18/h3-4,9-10H,5-8H2,1-2H3,(H,20,22,26). The summed E-state index contributed by atoms with van der Waals surface area (Å²) in [5.74, 6) is -0.347. The molecule has 1 aliphatic heterocycles. The van der Waals surface area contributed by atoms with Crippen LogP contribution in [0.1, 0.15) is 17.8 Å². The second-order valence-corrected chi connectivity index (χ2v) is 7.99. The smallest absolute Gasteiger partial charge is 0.263 e. The Kier molecular flexibility index (Phi) is 4.56. The minimum atomic E-state index is -1.86. The van der Waals surface area contributed by atoms with Crippen LogP contribution in [0.25, 0.3) is 21.6 Å². The maximum atomic E-state index is 14.9. The number of rotatable bonds is 3. The highest BCUT2D eigenvalue weighted by molar-refractivity contribution is 7.14. The summed E-state index contributed by atoms with van der Waals surface area (Å²) in [5.41, 5.74) is -0.501. The number of nitrogens with one attached hydrogen (secondary N) is 1. The number of fused-ring (bicyclic) bond motifs is 1. The van der Waals surface area contributed by atoms with Gasteiger partial charge in [0, 0.05) is 43.6 Å². The van der Waals surface area contributed by atoms with E-state index in [4.69, 9.17) is 0 Å². The summed E-state index contributed by atoms with van der Waals surface area (Å²) in [5, 5.41) is 13.1. The highest BCUT2D eigenvalue weighted by atomic mass is 32.1. The average molecular weight is 386 g/mol. The van der Waals surface area contributed by atoms with Crippen molar-refractivity contribution in [1.82, 2.24) is 25.1 Å². The fourth-order valence-electron chi connectivity index (χ4n) is 3.03. The Balaban J connectivity index is 1.58. The van der Waals surface area contributed by atoms with Gasteiger partial charge in [0.1, 0.15) is 16.5 Å². The molecule has 0 atom stereocenters. The van der Waals surface area contributed by atoms with Crippen molar-refractivity contribution in [2.24, 2.45) is 0 Å². The first-order valence-corrected chi connectivity index (χ1v) is 9.51. The lowest BCUT2D eigenvalue weighted by atomic mass is 9.92. The number of anilines is 1. The lowest BCUT2D eigenvalue weighted by Gasteiger charge is -2.33. The largest absolute Gasteiger partial charge is 0.308 e. The van der Waals surface area contributed by atoms with Crippen molar-refractivity contribution in [2.45, 2.75) is 25.4 Å². The van der Waals surface area contributed by atoms with Gasteiger partial charge in [-0.15, -0.1) is 10.2 Å². The third-order valence-corrected chi connectivity index (χ3v) is 5.61. The van der Waals surface area contributed by atoms with Gasteiger partial charge in [0.25, 0.3) is 5.91 Å². The van der Waals surface area contributed by atoms with Crippen LogP contribution in [0.5, 0.6) is 0 Å². The molecule has 0 radical (unpaired) electrons. The molecule has 140 valence electrons. The first-order chi connectivity index (χ1) is 12.9. The molecular formula is C18H19FN6OS. The van der Waals surface area contributed by atoms with Crippen molar-refractivity contribution >= 4 is 34.0 Å². The highest BCUT2D eigenvalue weighted by Gasteiger charge is 2.41. The molecule has 1 N–H and O–H groups in total. The molecule has 3 aromatic rings. The number of nitrogens with zero attached hydrogens (tertiary/aromatic N) is 5. The number of amides is 1. The number of hydrogen-bond donors (Lipinski definition) is 1. The Morgan fingerprint density at radius 1 is 1.30 bits per heavy atom. The van der Waals surface area contributed by atoms with Gasteiger partial charge >= 0.3 is 0 Å². The fourth-order valence-corrected chi connectivity index (χ4v) is 3.69. The molecule has 0 saturated carbocycles. The van der Waals surface area contributed by atoms with Gasteiger partial charge in [-0.3, -0.25) is 4.79 Å². The maximum Gasteiger partial charge on any atom is 0.263 e. The Hall–Kier alpha value is -2.52. The lowest BCUT2D eigenvalue weighted by molar-refractivity contribution is -0.130. The molecule has 3 aromatic heterocycles. The van der Waals surface area contributed by atoms with Crippen molar-refractivity contribution < 1.29 is 9.18 Å². The molecule has 9 heteroatoms. The van der Waals surface area contributed by atoms with Gasteiger partial charge in [0.15, 0.2) is 10.7 Å². The highest BCUT2D eigenvalue weighted by Crippen LogP contribution is 2.28. The third-order valence-electron chi connectivity index (χ3n) is 4.75. The summed E-state index contributed by atoms with van der Waals surface area (Å²) in [4.78, 5) is 23.3. The van der Waals surface area contributed by atoms with E-state index < -0.39 is 11.6 Å². The molecule has 4 heterocycles. The molecule has 0 aliphatic carbocycles. The zero-order valence-electron chi connectivity index (χ0n) is 15.1. The van der Waals surface area contributed by atoms with Gasteiger partial charge in [-0.1, -0.05) is 11.3 Å². The fraction of sp³-hybridized carbons (Fsp3) is 0.389. The van der Waals surface area contributed by atoms with Crippen LogP contribution in [-0.2, 0) is 4.79 Å². The molecule has 0 unspecified atom stereocenters. The number of aryl methyl sites for hydroxylation is 1. The van der Waals surface area contributed by atoms with E-state index in [1.807, 2.05) is 31.0 Å². The molecule has 1 saturated heterocycles. The summed E-state index contributed by atoms with van der Waals surface area (Å²) in [6.07, 6.45) is 1.98. The summed E-state index contributed by atoms with van der Waals surface area (Å²) in [6.45, 7) is 3.00. The monoisotopic (exact) mass is 386 g/mol. The molecule has 0 aromatic carbocycles. The quantitative estimate of drug-likeness (QED) is 0.745. The van der Waals surface area contributed by atoms with Crippen molar-refractivity contribution in [1.29, 1.82) is 0 Å². The number of aromatic nitrogens is 4. The normalized spacial score (nSPS) is 17.1. The van der Waals surface area contributed by atoms with Crippen molar-refractivity contribution in [3.8, 4) is 10.7 Å². The molecule has 4 rings (SSSR count). The zero-order valence-corrected chi connectivity index (χ0v) is 15.9. The Bertz CT molecular complexity index is 998. The van der Waals surface area contributed by atoms with Crippen LogP contribution in [0.15, 0.2) is 24.4 Å². The van der Waals surface area contributed by atoms with Gasteiger partial charge in [-0.05, 0) is 26.1 Å². The van der Waals surface area contributed by atoms with E-state index in [0.29, 0.717) is 30.1 Å². The summed E-state index contributed by atoms with van der Waals surface area (Å²) in [7, 11) is 1.92. The predicted molar refractivity (Wildman–Crippen MR) is 102 cm³/mol. The van der Waals surface area contributed by atoms with Crippen LogP contribution < -0.4 is 5.32 Å². The van der Waals surface area contributed by atoms with Gasteiger partial charge in [0.05, 0.1) is 5.52 Å². The molecule has 1 amide bonds. The van der Waals surface area contributed by atoms with Crippen molar-refractivity contribution in [3.63, 3.8) is 0 Å². The minimum Gasteiger partial charge on any atom is -0.308 e. The van der Waals surface area contributed by atoms with Crippen LogP contribution in [0.3, 0.4) is 0 Å². The van der Waals surface area contributed by atoms with Gasteiger partial charge in [-0.25, -0.2) is 14.4 Å². The summed E-state index contributed by atoms with van der Waals surface area (Å²) in [6, 6.07) is 5.40. The summed E-state index contributed by atoms with van der Waals surface area (Å²) < 4.78 is 14.9. The van der Waals surface area contributed by atoms with E-state index in [0.717, 1.165) is 15.4 Å². The Morgan fingerprint density at radius 2 is 2.07 bits per heavy atom. The second-order valence-electron chi connectivity index (χ2n) is 6.81. The van der Waals surface area contributed by atoms with Crippen LogP contribution in [0.4, 0.5) is 10.2 Å². The Labute approximate surface area is 159 Å². The number of piperidine rings is 1. The van der Waals surface area contributed by atoms with Gasteiger partial charge < -0.3 is 10.2 Å². The molecule has 7 nitrogen and oxygen atoms in total. The van der Waals surface area contributed by atoms with E-state index in [2.05, 4.69) is 25.5 Å². The predicted octanol–water partition coefficient (Wildman–Crippen LogP) is 2.83. The molecule has 0 bridgehead atoms. The number of alkyl halides is 1. The number of carbonyl (C=O) groups is 1. The van der Waals surface area contributed by atoms with E-state index in [1.165, 1.54) is 11.3 Å². The number of likely N-dealkylation sites (tertiary alicyclic amines) is 1. The van der Waals surface area contributed by atoms with Gasteiger partial charge in [0.2, 0.25) is 0 Å². The van der Waals surface area contributed by atoms with Crippen LogP contribution in [-0.4, -0.2) is 56.8 Å². The molecular weight excluding hydrogens is 367 g/mol. The van der Waals surface area contributed by atoms with E-state index in [1.54, 1.807) is 12.3 Å². The first kappa shape index (κ1) is 17.9. The number of halogens is 1. The Morgan fingerprint density at radius 3 is 2.78 bits per heavy atom. The average Bonchev–Trinajstić information content (AvgIpc) is 3.10. The molecule has 1 aliphatic rings. The van der Waals surface area contributed by atoms with E-state index >= 15 is 0 Å². The van der Waals surface area contributed by atoms with Crippen molar-refractivity contribution in [3.05, 3.63) is 29.4 Å². The molecule has 1 fully saturated rings. The SMILES string of the molecule is Cc1nnc(-c2ccc3cnc(NC(=O)C4(F)CCN(C)CC4)cc3n2)s1. The van der Waals surface area contributed by atoms with E-state index in [-0.39, 0.29) is 12.8 Å². The van der Waals surface area contributed by atoms with E-state index in [9.17, 15) is 9.18 Å². The topological polar surface area (TPSA) is 83.9 Å². The number of pyridine rings is 2. The third kappa shape index (κ3) is 3.65. The lowest BCUT2D eigenvalue weighted by Crippen LogP contribution is -2.47. The molecule has 27 heavy (non-hydrogen) atoms. The number of carbonyl (C=O) groups excluding carboxylic acids is 1. The van der Waals surface area contributed by atoms with Crippen LogP contribution in [0.2, 0.25) is 0 Å². The van der Waals surface area contributed by atoms with Crippen LogP contribution in [0, 0.1) is 6.92 Å². The zero-order chi connectivity index (χ0) is 19.0. The second kappa shape index (κ2) is 6.90.